The van der Waals surface area contributed by atoms with Crippen LogP contribution in [0.2, 0.25) is 10.0 Å². The van der Waals surface area contributed by atoms with Gasteiger partial charge in [-0.3, -0.25) is 9.59 Å². The minimum absolute atomic E-state index is 0.0621. The summed E-state index contributed by atoms with van der Waals surface area (Å²) in [5, 5.41) is 10.6. The third-order valence-electron chi connectivity index (χ3n) is 8.87. The maximum absolute atomic E-state index is 14.5. The molecule has 0 spiro atoms. The monoisotopic (exact) mass is 591 g/mol. The van der Waals surface area contributed by atoms with E-state index in [4.69, 9.17) is 23.2 Å². The number of carboxylic acids is 1. The molecule has 210 valence electrons. The van der Waals surface area contributed by atoms with Gasteiger partial charge in [0.25, 0.3) is 0 Å². The molecule has 1 aliphatic heterocycles. The van der Waals surface area contributed by atoms with Crippen LogP contribution in [0.5, 0.6) is 0 Å². The average molecular weight is 593 g/mol. The van der Waals surface area contributed by atoms with Gasteiger partial charge in [-0.1, -0.05) is 67.2 Å². The van der Waals surface area contributed by atoms with Crippen molar-refractivity contribution in [2.45, 2.75) is 81.5 Å². The Hall–Kier alpha value is -2.09. The van der Waals surface area contributed by atoms with Crippen molar-refractivity contribution in [1.29, 1.82) is 0 Å². The highest BCUT2D eigenvalue weighted by molar-refractivity contribution is 7.92. The average Bonchev–Trinajstić information content (AvgIpc) is 3.56. The van der Waals surface area contributed by atoms with E-state index in [9.17, 15) is 23.1 Å². The maximum Gasteiger partial charge on any atom is 0.304 e. The normalized spacial score (nSPS) is 27.1. The molecule has 3 fully saturated rings. The highest BCUT2D eigenvalue weighted by Crippen LogP contribution is 2.54. The quantitative estimate of drug-likeness (QED) is 0.351. The number of rotatable bonds is 9. The van der Waals surface area contributed by atoms with Crippen LogP contribution in [0.15, 0.2) is 48.5 Å². The van der Waals surface area contributed by atoms with Gasteiger partial charge in [-0.25, -0.2) is 8.42 Å². The van der Waals surface area contributed by atoms with E-state index in [-0.39, 0.29) is 35.2 Å². The van der Waals surface area contributed by atoms with E-state index in [0.29, 0.717) is 29.3 Å². The van der Waals surface area contributed by atoms with Crippen LogP contribution in [0.3, 0.4) is 0 Å². The Morgan fingerprint density at radius 3 is 2.28 bits per heavy atom. The first kappa shape index (κ1) is 28.4. The molecule has 1 saturated heterocycles. The second-order valence-corrected chi connectivity index (χ2v) is 15.0. The molecular formula is C30H35Cl2NO5S. The number of benzene rings is 2. The number of carboxylic acid groups (broad SMARTS) is 1. The Kier molecular flexibility index (Phi) is 8.06. The SMILES string of the molecule is CC1(CC(=O)O)CC(c2cccc(Cl)c2)C(c2ccc(Cl)cc2)N(C(CS(=O)(=O)C2CCCC2)C2CC2)C1=O. The van der Waals surface area contributed by atoms with Crippen molar-refractivity contribution in [1.82, 2.24) is 4.90 Å². The van der Waals surface area contributed by atoms with Crippen LogP contribution in [-0.4, -0.2) is 47.3 Å². The number of carbonyl (C=O) groups excluding carboxylic acids is 1. The summed E-state index contributed by atoms with van der Waals surface area (Å²) in [4.78, 5) is 28.3. The van der Waals surface area contributed by atoms with Gasteiger partial charge in [0, 0.05) is 22.0 Å². The number of carbonyl (C=O) groups is 2. The van der Waals surface area contributed by atoms with Crippen LogP contribution in [-0.2, 0) is 19.4 Å². The Morgan fingerprint density at radius 1 is 1.03 bits per heavy atom. The third-order valence-corrected chi connectivity index (χ3v) is 11.6. The fourth-order valence-corrected chi connectivity index (χ4v) is 9.35. The van der Waals surface area contributed by atoms with Crippen molar-refractivity contribution in [3.05, 3.63) is 69.7 Å². The lowest BCUT2D eigenvalue weighted by atomic mass is 9.67. The highest BCUT2D eigenvalue weighted by Gasteiger charge is 2.55. The number of likely N-dealkylation sites (tertiary alicyclic amines) is 1. The maximum atomic E-state index is 14.5. The predicted octanol–water partition coefficient (Wildman–Crippen LogP) is 6.67. The summed E-state index contributed by atoms with van der Waals surface area (Å²) in [6.45, 7) is 1.71. The van der Waals surface area contributed by atoms with Crippen molar-refractivity contribution in [3.63, 3.8) is 0 Å². The van der Waals surface area contributed by atoms with Crippen LogP contribution in [0, 0.1) is 11.3 Å². The largest absolute Gasteiger partial charge is 0.481 e. The number of sulfone groups is 1. The van der Waals surface area contributed by atoms with Crippen LogP contribution >= 0.6 is 23.2 Å². The van der Waals surface area contributed by atoms with E-state index >= 15 is 0 Å². The van der Waals surface area contributed by atoms with Gasteiger partial charge in [-0.2, -0.15) is 0 Å². The molecule has 2 aromatic rings. The molecule has 6 nitrogen and oxygen atoms in total. The molecule has 2 saturated carbocycles. The summed E-state index contributed by atoms with van der Waals surface area (Å²) in [6, 6.07) is 13.8. The third kappa shape index (κ3) is 6.01. The van der Waals surface area contributed by atoms with Gasteiger partial charge in [-0.05, 0) is 73.4 Å². The molecule has 5 rings (SSSR count). The number of hydrogen-bond acceptors (Lipinski definition) is 4. The molecule has 39 heavy (non-hydrogen) atoms. The number of aliphatic carboxylic acids is 1. The summed E-state index contributed by atoms with van der Waals surface area (Å²) in [5.74, 6) is -1.66. The molecule has 2 aliphatic carbocycles. The molecule has 1 amide bonds. The number of nitrogens with zero attached hydrogens (tertiary/aromatic N) is 1. The summed E-state index contributed by atoms with van der Waals surface area (Å²) in [5.41, 5.74) is 0.537. The molecule has 9 heteroatoms. The second kappa shape index (κ2) is 11.1. The first-order valence-corrected chi connectivity index (χ1v) is 16.2. The molecule has 1 heterocycles. The molecule has 0 radical (unpaired) electrons. The zero-order chi connectivity index (χ0) is 27.9. The van der Waals surface area contributed by atoms with Crippen LogP contribution in [0.25, 0.3) is 0 Å². The number of amides is 1. The first-order valence-electron chi connectivity index (χ1n) is 13.8. The van der Waals surface area contributed by atoms with E-state index < -0.39 is 33.3 Å². The summed E-state index contributed by atoms with van der Waals surface area (Å²) in [6.07, 6.45) is 4.79. The van der Waals surface area contributed by atoms with Gasteiger partial charge in [0.15, 0.2) is 9.84 Å². The van der Waals surface area contributed by atoms with E-state index in [2.05, 4.69) is 0 Å². The van der Waals surface area contributed by atoms with Crippen LogP contribution in [0.1, 0.15) is 81.4 Å². The predicted molar refractivity (Wildman–Crippen MR) is 153 cm³/mol. The molecule has 2 aromatic carbocycles. The number of piperidine rings is 1. The summed E-state index contributed by atoms with van der Waals surface area (Å²) < 4.78 is 27.4. The lowest BCUT2D eigenvalue weighted by Gasteiger charge is -2.52. The van der Waals surface area contributed by atoms with Crippen molar-refractivity contribution < 1.29 is 23.1 Å². The molecule has 0 bridgehead atoms. The van der Waals surface area contributed by atoms with Gasteiger partial charge >= 0.3 is 5.97 Å². The van der Waals surface area contributed by atoms with E-state index in [1.54, 1.807) is 30.0 Å². The van der Waals surface area contributed by atoms with E-state index in [1.165, 1.54) is 0 Å². The van der Waals surface area contributed by atoms with Crippen LogP contribution < -0.4 is 0 Å². The lowest BCUT2D eigenvalue weighted by Crippen LogP contribution is -2.58. The van der Waals surface area contributed by atoms with Crippen LogP contribution in [0.4, 0.5) is 0 Å². The smallest absolute Gasteiger partial charge is 0.304 e. The molecule has 4 unspecified atom stereocenters. The molecule has 1 N–H and O–H groups in total. The number of halogens is 2. The molecule has 0 aromatic heterocycles. The Balaban J connectivity index is 1.66. The van der Waals surface area contributed by atoms with Gasteiger partial charge in [0.1, 0.15) is 0 Å². The van der Waals surface area contributed by atoms with Crippen molar-refractivity contribution >= 4 is 44.9 Å². The van der Waals surface area contributed by atoms with Gasteiger partial charge in [0.2, 0.25) is 5.91 Å². The molecular weight excluding hydrogens is 557 g/mol. The Labute approximate surface area is 240 Å². The first-order chi connectivity index (χ1) is 18.5. The molecule has 4 atom stereocenters. The van der Waals surface area contributed by atoms with Gasteiger partial charge in [0.05, 0.1) is 28.9 Å². The van der Waals surface area contributed by atoms with Crippen molar-refractivity contribution in [2.24, 2.45) is 11.3 Å². The standard InChI is InChI=1S/C30H35Cl2NO5S/c1-30(17-27(34)35)16-25(21-5-4-6-23(32)15-21)28(20-11-13-22(31)14-12-20)33(29(30)36)26(19-9-10-19)18-39(37,38)24-7-2-3-8-24/h4-6,11-15,19,24-26,28H,2-3,7-10,16-18H2,1H3,(H,34,35). The fourth-order valence-electron chi connectivity index (χ4n) is 6.79. The fraction of sp³-hybridized carbons (Fsp3) is 0.533. The second-order valence-electron chi connectivity index (χ2n) is 11.8. The van der Waals surface area contributed by atoms with Gasteiger partial charge < -0.3 is 10.0 Å². The Bertz CT molecular complexity index is 1340. The zero-order valence-corrected chi connectivity index (χ0v) is 24.4. The molecule has 3 aliphatic rings. The van der Waals surface area contributed by atoms with E-state index in [1.807, 2.05) is 30.3 Å². The van der Waals surface area contributed by atoms with E-state index in [0.717, 1.165) is 36.8 Å². The number of hydrogen-bond donors (Lipinski definition) is 1. The van der Waals surface area contributed by atoms with Crippen molar-refractivity contribution in [2.75, 3.05) is 5.75 Å². The summed E-state index contributed by atoms with van der Waals surface area (Å²) >= 11 is 12.6. The highest BCUT2D eigenvalue weighted by atomic mass is 35.5. The Morgan fingerprint density at radius 2 is 1.69 bits per heavy atom. The van der Waals surface area contributed by atoms with Gasteiger partial charge in [-0.15, -0.1) is 0 Å². The van der Waals surface area contributed by atoms with Crippen molar-refractivity contribution in [3.8, 4) is 0 Å². The topological polar surface area (TPSA) is 91.8 Å². The zero-order valence-electron chi connectivity index (χ0n) is 22.1. The minimum Gasteiger partial charge on any atom is -0.481 e. The summed E-state index contributed by atoms with van der Waals surface area (Å²) in [7, 11) is -3.45. The minimum atomic E-state index is -3.45. The lowest BCUT2D eigenvalue weighted by molar-refractivity contribution is -0.160.